The lowest BCUT2D eigenvalue weighted by molar-refractivity contribution is 0.0529. The molecule has 0 amide bonds. The van der Waals surface area contributed by atoms with Gasteiger partial charge in [0.05, 0.1) is 11.7 Å². The molecule has 1 aromatic carbocycles. The van der Waals surface area contributed by atoms with Gasteiger partial charge in [0.15, 0.2) is 0 Å². The van der Waals surface area contributed by atoms with Gasteiger partial charge in [-0.05, 0) is 56.7 Å². The first-order valence-electron chi connectivity index (χ1n) is 11.7. The number of carbonyl (C=O) groups is 1. The number of aromatic nitrogens is 3. The van der Waals surface area contributed by atoms with Gasteiger partial charge >= 0.3 is 6.09 Å². The Morgan fingerprint density at radius 3 is 2.41 bits per heavy atom. The van der Waals surface area contributed by atoms with Crippen molar-refractivity contribution in [2.75, 3.05) is 0 Å². The first-order valence-corrected chi connectivity index (χ1v) is 11.7. The third-order valence-electron chi connectivity index (χ3n) is 5.76. The van der Waals surface area contributed by atoms with Gasteiger partial charge in [-0.2, -0.15) is 0 Å². The van der Waals surface area contributed by atoms with Gasteiger partial charge in [0.1, 0.15) is 22.9 Å². The molecule has 0 spiro atoms. The SMILES string of the molecule is CCC(C)(C)Cc1cn(C(=O)OC(C)(C)C)c([C@@H](N)Cc2ccc(-c3ncccc3F)cc2)n1. The summed E-state index contributed by atoms with van der Waals surface area (Å²) in [5.74, 6) is 0.102. The third-order valence-corrected chi connectivity index (χ3v) is 5.76. The Hall–Kier alpha value is -3.06. The lowest BCUT2D eigenvalue weighted by Gasteiger charge is -2.21. The number of carbonyl (C=O) groups excluding carboxylic acids is 1. The van der Waals surface area contributed by atoms with Gasteiger partial charge in [-0.25, -0.2) is 18.7 Å². The lowest BCUT2D eigenvalue weighted by Crippen LogP contribution is -2.29. The molecule has 7 heteroatoms. The Morgan fingerprint density at radius 1 is 1.15 bits per heavy atom. The molecule has 0 aliphatic rings. The van der Waals surface area contributed by atoms with Crippen LogP contribution in [0.4, 0.5) is 9.18 Å². The van der Waals surface area contributed by atoms with Gasteiger partial charge in [-0.3, -0.25) is 4.98 Å². The summed E-state index contributed by atoms with van der Waals surface area (Å²) in [4.78, 5) is 21.8. The van der Waals surface area contributed by atoms with Crippen molar-refractivity contribution < 1.29 is 13.9 Å². The largest absolute Gasteiger partial charge is 0.443 e. The van der Waals surface area contributed by atoms with Crippen molar-refractivity contribution in [2.24, 2.45) is 11.1 Å². The molecule has 0 fully saturated rings. The van der Waals surface area contributed by atoms with Crippen LogP contribution in [0.5, 0.6) is 0 Å². The highest BCUT2D eigenvalue weighted by Gasteiger charge is 2.26. The molecule has 6 nitrogen and oxygen atoms in total. The van der Waals surface area contributed by atoms with Crippen molar-refractivity contribution in [1.29, 1.82) is 0 Å². The number of rotatable bonds is 7. The average Bonchev–Trinajstić information content (AvgIpc) is 3.17. The van der Waals surface area contributed by atoms with Crippen LogP contribution >= 0.6 is 0 Å². The Bertz CT molecular complexity index is 1130. The minimum absolute atomic E-state index is 0.0467. The number of nitrogens with two attached hydrogens (primary N) is 1. The zero-order valence-electron chi connectivity index (χ0n) is 20.9. The van der Waals surface area contributed by atoms with Crippen molar-refractivity contribution in [2.45, 2.75) is 72.4 Å². The molecule has 0 unspecified atom stereocenters. The summed E-state index contributed by atoms with van der Waals surface area (Å²) in [5, 5.41) is 0. The highest BCUT2D eigenvalue weighted by molar-refractivity contribution is 5.72. The lowest BCUT2D eigenvalue weighted by atomic mass is 9.85. The van der Waals surface area contributed by atoms with Crippen molar-refractivity contribution in [3.8, 4) is 11.3 Å². The number of ether oxygens (including phenoxy) is 1. The molecule has 1 atom stereocenters. The summed E-state index contributed by atoms with van der Waals surface area (Å²) >= 11 is 0. The maximum absolute atomic E-state index is 14.1. The first-order chi connectivity index (χ1) is 15.9. The molecule has 0 saturated heterocycles. The standard InChI is InChI=1S/C27H35FN4O2/c1-7-27(5,6)16-20-17-32(25(33)34-26(2,3)4)24(31-20)22(29)15-18-10-12-19(13-11-18)23-21(28)9-8-14-30-23/h8-14,17,22H,7,15-16,29H2,1-6H3/t22-/m0/s1. The maximum atomic E-state index is 14.1. The van der Waals surface area contributed by atoms with E-state index in [1.54, 1.807) is 18.5 Å². The molecule has 0 aliphatic heterocycles. The summed E-state index contributed by atoms with van der Waals surface area (Å²) in [6.07, 6.45) is 4.98. The maximum Gasteiger partial charge on any atom is 0.420 e. The van der Waals surface area contributed by atoms with E-state index in [1.165, 1.54) is 10.6 Å². The normalized spacial score (nSPS) is 13.1. The van der Waals surface area contributed by atoms with Crippen LogP contribution in [-0.4, -0.2) is 26.2 Å². The van der Waals surface area contributed by atoms with Gasteiger partial charge in [0.2, 0.25) is 0 Å². The minimum Gasteiger partial charge on any atom is -0.443 e. The molecule has 0 bridgehead atoms. The van der Waals surface area contributed by atoms with E-state index in [-0.39, 0.29) is 11.2 Å². The van der Waals surface area contributed by atoms with Crippen LogP contribution < -0.4 is 5.73 Å². The number of nitrogens with zero attached hydrogens (tertiary/aromatic N) is 3. The van der Waals surface area contributed by atoms with Crippen LogP contribution in [0.15, 0.2) is 48.8 Å². The molecule has 34 heavy (non-hydrogen) atoms. The van der Waals surface area contributed by atoms with Gasteiger partial charge < -0.3 is 10.5 Å². The molecule has 3 rings (SSSR count). The highest BCUT2D eigenvalue weighted by atomic mass is 19.1. The Kier molecular flexibility index (Phi) is 7.56. The molecule has 2 aromatic heterocycles. The minimum atomic E-state index is -0.637. The van der Waals surface area contributed by atoms with Gasteiger partial charge in [-0.15, -0.1) is 0 Å². The summed E-state index contributed by atoms with van der Waals surface area (Å²) < 4.78 is 21.1. The molecule has 2 heterocycles. The fourth-order valence-corrected chi connectivity index (χ4v) is 3.61. The fourth-order valence-electron chi connectivity index (χ4n) is 3.61. The third kappa shape index (κ3) is 6.50. The number of hydrogen-bond donors (Lipinski definition) is 1. The van der Waals surface area contributed by atoms with E-state index < -0.39 is 17.7 Å². The molecular formula is C27H35FN4O2. The summed E-state index contributed by atoms with van der Waals surface area (Å²) in [6, 6.07) is 9.86. The van der Waals surface area contributed by atoms with Crippen LogP contribution in [0.1, 0.15) is 71.1 Å². The van der Waals surface area contributed by atoms with Crippen molar-refractivity contribution in [3.05, 3.63) is 71.7 Å². The Morgan fingerprint density at radius 2 is 1.82 bits per heavy atom. The average molecular weight is 467 g/mol. The van der Waals surface area contributed by atoms with Gasteiger partial charge in [0, 0.05) is 18.0 Å². The highest BCUT2D eigenvalue weighted by Crippen LogP contribution is 2.27. The molecule has 0 radical (unpaired) electrons. The number of imidazole rings is 1. The van der Waals surface area contributed by atoms with E-state index >= 15 is 0 Å². The van der Waals surface area contributed by atoms with E-state index in [4.69, 9.17) is 15.5 Å². The van der Waals surface area contributed by atoms with E-state index in [9.17, 15) is 9.18 Å². The summed E-state index contributed by atoms with van der Waals surface area (Å²) in [6.45, 7) is 12.0. The summed E-state index contributed by atoms with van der Waals surface area (Å²) in [7, 11) is 0. The molecular weight excluding hydrogens is 431 g/mol. The van der Waals surface area contributed by atoms with Crippen molar-refractivity contribution in [1.82, 2.24) is 14.5 Å². The Labute approximate surface area is 201 Å². The zero-order valence-corrected chi connectivity index (χ0v) is 20.9. The van der Waals surface area contributed by atoms with E-state index in [2.05, 4.69) is 25.8 Å². The first kappa shape index (κ1) is 25.6. The molecule has 0 saturated carbocycles. The van der Waals surface area contributed by atoms with Crippen molar-refractivity contribution in [3.63, 3.8) is 0 Å². The van der Waals surface area contributed by atoms with E-state index in [0.29, 0.717) is 23.5 Å². The monoisotopic (exact) mass is 466 g/mol. The summed E-state index contributed by atoms with van der Waals surface area (Å²) in [5.41, 5.74) is 8.71. The van der Waals surface area contributed by atoms with Crippen molar-refractivity contribution >= 4 is 6.09 Å². The van der Waals surface area contributed by atoms with Crippen LogP contribution in [0.25, 0.3) is 11.3 Å². The molecule has 3 aromatic rings. The van der Waals surface area contributed by atoms with Gasteiger partial charge in [-0.1, -0.05) is 51.5 Å². The number of hydrogen-bond acceptors (Lipinski definition) is 5. The molecule has 2 N–H and O–H groups in total. The predicted molar refractivity (Wildman–Crippen MR) is 132 cm³/mol. The van der Waals surface area contributed by atoms with Crippen LogP contribution in [0, 0.1) is 11.2 Å². The molecule has 0 aliphatic carbocycles. The quantitative estimate of drug-likeness (QED) is 0.456. The smallest absolute Gasteiger partial charge is 0.420 e. The second kappa shape index (κ2) is 10.1. The number of benzene rings is 1. The van der Waals surface area contributed by atoms with E-state index in [0.717, 1.165) is 24.1 Å². The molecule has 182 valence electrons. The van der Waals surface area contributed by atoms with Crippen LogP contribution in [0.2, 0.25) is 0 Å². The number of halogens is 1. The second-order valence-corrected chi connectivity index (χ2v) is 10.5. The van der Waals surface area contributed by atoms with Gasteiger partial charge in [0.25, 0.3) is 0 Å². The number of pyridine rings is 1. The zero-order chi connectivity index (χ0) is 25.1. The van der Waals surface area contributed by atoms with Crippen LogP contribution in [0.3, 0.4) is 0 Å². The fraction of sp³-hybridized carbons (Fsp3) is 0.444. The topological polar surface area (TPSA) is 83.0 Å². The Balaban J connectivity index is 1.86. The predicted octanol–water partition coefficient (Wildman–Crippen LogP) is 6.09. The van der Waals surface area contributed by atoms with E-state index in [1.807, 2.05) is 45.0 Å². The van der Waals surface area contributed by atoms with Crippen LogP contribution in [-0.2, 0) is 17.6 Å². The second-order valence-electron chi connectivity index (χ2n) is 10.5.